The van der Waals surface area contributed by atoms with Crippen LogP contribution in [0.4, 0.5) is 18.0 Å². The van der Waals surface area contributed by atoms with E-state index >= 15 is 0 Å². The maximum Gasteiger partial charge on any atom is 0.573 e. The van der Waals surface area contributed by atoms with Crippen LogP contribution in [0.3, 0.4) is 0 Å². The number of aliphatic hydroxyl groups excluding tert-OH is 1. The van der Waals surface area contributed by atoms with Crippen molar-refractivity contribution < 1.29 is 42.4 Å². The summed E-state index contributed by atoms with van der Waals surface area (Å²) in [6, 6.07) is 21.3. The minimum absolute atomic E-state index is 0.00544. The van der Waals surface area contributed by atoms with Crippen molar-refractivity contribution in [1.29, 1.82) is 0 Å². The largest absolute Gasteiger partial charge is 0.573 e. The molecular formula is C50H60F3NO6S. The zero-order chi connectivity index (χ0) is 43.7. The first-order chi connectivity index (χ1) is 28.9. The molecule has 8 rings (SSSR count). The van der Waals surface area contributed by atoms with Crippen LogP contribution in [0.5, 0.6) is 5.75 Å². The molecule has 328 valence electrons. The van der Waals surface area contributed by atoms with Crippen LogP contribution in [0.1, 0.15) is 130 Å². The van der Waals surface area contributed by atoms with Crippen molar-refractivity contribution in [3.05, 3.63) is 112 Å². The van der Waals surface area contributed by atoms with E-state index in [0.29, 0.717) is 72.8 Å². The molecule has 4 aliphatic rings. The Bertz CT molecular complexity index is 2180. The molecule has 4 aliphatic carbocycles. The summed E-state index contributed by atoms with van der Waals surface area (Å²) < 4.78 is 50.7. The fraction of sp³-hybridized carbons (Fsp3) is 0.520. The summed E-state index contributed by atoms with van der Waals surface area (Å²) in [7, 11) is 0. The van der Waals surface area contributed by atoms with Gasteiger partial charge in [-0.1, -0.05) is 88.2 Å². The lowest BCUT2D eigenvalue weighted by molar-refractivity contribution is -0.274. The summed E-state index contributed by atoms with van der Waals surface area (Å²) in [6.07, 6.45) is 2.36. The molecule has 4 aromatic rings. The number of thiophene rings is 1. The predicted molar refractivity (Wildman–Crippen MR) is 234 cm³/mol. The van der Waals surface area contributed by atoms with Gasteiger partial charge in [0.25, 0.3) is 0 Å². The zero-order valence-corrected chi connectivity index (χ0v) is 36.8. The lowest BCUT2D eigenvalue weighted by Gasteiger charge is -2.46. The average molecular weight is 860 g/mol. The summed E-state index contributed by atoms with van der Waals surface area (Å²) in [4.78, 5) is 31.5. The standard InChI is InChI=1S/C50H60F3NO6S/c1-31(2)39-20-13-33(4)25-43(39)59-47(57)54(29-34-14-18-38(19-15-34)60-50(51,52)53)30-49(58)24-22-42-40-21-16-35(26-37(55)17-12-32(3)9-8-23-48(42,49)5)27-41(40)46(56)45-28-36-10-6-7-11-44(36)61-45/h6-7,9-11,14-16,18-19,21,27-28,31,33,37,39,42-43,55,58H,8,12-13,17,20,22-26,29-30H2,1-5H3. The van der Waals surface area contributed by atoms with Gasteiger partial charge in [0.1, 0.15) is 11.9 Å². The zero-order valence-electron chi connectivity index (χ0n) is 36.0. The van der Waals surface area contributed by atoms with Crippen molar-refractivity contribution in [3.63, 3.8) is 0 Å². The quantitative estimate of drug-likeness (QED) is 0.129. The highest BCUT2D eigenvalue weighted by atomic mass is 32.1. The van der Waals surface area contributed by atoms with Crippen LogP contribution in [-0.2, 0) is 17.7 Å². The van der Waals surface area contributed by atoms with Gasteiger partial charge >= 0.3 is 12.5 Å². The Morgan fingerprint density at radius 1 is 0.984 bits per heavy atom. The highest BCUT2D eigenvalue weighted by molar-refractivity contribution is 7.21. The molecule has 0 spiro atoms. The third-order valence-electron chi connectivity index (χ3n) is 14.0. The summed E-state index contributed by atoms with van der Waals surface area (Å²) in [5, 5.41) is 25.3. The van der Waals surface area contributed by atoms with Gasteiger partial charge in [0.15, 0.2) is 0 Å². The molecule has 2 N–H and O–H groups in total. The number of hydrogen-bond acceptors (Lipinski definition) is 7. The van der Waals surface area contributed by atoms with Crippen LogP contribution in [0, 0.1) is 23.2 Å². The molecule has 2 fully saturated rings. The van der Waals surface area contributed by atoms with E-state index in [-0.39, 0.29) is 42.6 Å². The molecule has 0 saturated heterocycles. The topological polar surface area (TPSA) is 96.3 Å². The lowest BCUT2D eigenvalue weighted by atomic mass is 9.64. The fourth-order valence-corrected chi connectivity index (χ4v) is 11.4. The number of amides is 1. The van der Waals surface area contributed by atoms with Crippen LogP contribution >= 0.6 is 11.3 Å². The minimum Gasteiger partial charge on any atom is -0.446 e. The number of ketones is 1. The van der Waals surface area contributed by atoms with Gasteiger partial charge in [-0.05, 0) is 141 Å². The first kappa shape index (κ1) is 44.9. The molecule has 11 heteroatoms. The Balaban J connectivity index is 1.27. The Morgan fingerprint density at radius 2 is 1.74 bits per heavy atom. The Hall–Kier alpha value is -4.19. The van der Waals surface area contributed by atoms with Crippen molar-refractivity contribution in [3.8, 4) is 5.75 Å². The van der Waals surface area contributed by atoms with Crippen molar-refractivity contribution in [2.75, 3.05) is 6.54 Å². The summed E-state index contributed by atoms with van der Waals surface area (Å²) in [5.41, 5.74) is 1.69. The van der Waals surface area contributed by atoms with E-state index in [0.717, 1.165) is 46.0 Å². The number of hydrogen-bond donors (Lipinski definition) is 2. The Morgan fingerprint density at radius 3 is 2.46 bits per heavy atom. The monoisotopic (exact) mass is 859 g/mol. The molecule has 0 radical (unpaired) electrons. The molecule has 7 unspecified atom stereocenters. The average Bonchev–Trinajstić information content (AvgIpc) is 3.74. The van der Waals surface area contributed by atoms with E-state index in [9.17, 15) is 33.0 Å². The normalized spacial score (nSPS) is 27.3. The smallest absolute Gasteiger partial charge is 0.446 e. The van der Waals surface area contributed by atoms with Crippen LogP contribution < -0.4 is 4.74 Å². The summed E-state index contributed by atoms with van der Waals surface area (Å²) in [6.45, 7) is 10.5. The maximum atomic E-state index is 14.7. The molecular weight excluding hydrogens is 800 g/mol. The second kappa shape index (κ2) is 18.3. The number of halogens is 3. The van der Waals surface area contributed by atoms with Crippen molar-refractivity contribution >= 4 is 33.3 Å². The molecule has 0 aliphatic heterocycles. The highest BCUT2D eigenvalue weighted by Gasteiger charge is 2.58. The minimum atomic E-state index is -4.84. The lowest BCUT2D eigenvalue weighted by Crippen LogP contribution is -2.54. The van der Waals surface area contributed by atoms with Gasteiger partial charge in [-0.3, -0.25) is 4.79 Å². The molecule has 1 heterocycles. The van der Waals surface area contributed by atoms with Gasteiger partial charge in [-0.2, -0.15) is 0 Å². The Labute approximate surface area is 362 Å². The highest BCUT2D eigenvalue weighted by Crippen LogP contribution is 2.59. The first-order valence-electron chi connectivity index (χ1n) is 21.9. The molecule has 61 heavy (non-hydrogen) atoms. The number of allylic oxidation sites excluding steroid dienone is 2. The SMILES string of the molecule is CC1=CCCC2(C)C(CCC2(O)CN(Cc2ccc(OC(F)(F)F)cc2)C(=O)OC2CC(C)CCC2C(C)C)c2ccc(cc2C(=O)c2cc3ccccc3s2)CC(O)CC1. The Kier molecular flexibility index (Phi) is 13.4. The fourth-order valence-electron chi connectivity index (χ4n) is 10.4. The maximum absolute atomic E-state index is 14.7. The van der Waals surface area contributed by atoms with E-state index in [1.165, 1.54) is 40.5 Å². The van der Waals surface area contributed by atoms with E-state index < -0.39 is 29.6 Å². The van der Waals surface area contributed by atoms with Crippen molar-refractivity contribution in [2.24, 2.45) is 23.2 Å². The van der Waals surface area contributed by atoms with Crippen LogP contribution in [-0.4, -0.2) is 57.7 Å². The molecule has 1 amide bonds. The first-order valence-corrected chi connectivity index (χ1v) is 22.8. The van der Waals surface area contributed by atoms with Crippen LogP contribution in [0.25, 0.3) is 10.1 Å². The van der Waals surface area contributed by atoms with Gasteiger partial charge < -0.3 is 24.6 Å². The number of ether oxygens (including phenoxy) is 2. The third kappa shape index (κ3) is 10.2. The number of carbonyl (C=O) groups excluding carboxylic acids is 2. The molecule has 1 aromatic heterocycles. The number of benzene rings is 3. The van der Waals surface area contributed by atoms with E-state index in [1.54, 1.807) is 0 Å². The van der Waals surface area contributed by atoms with Gasteiger partial charge in [0.05, 0.1) is 23.1 Å². The van der Waals surface area contributed by atoms with Gasteiger partial charge in [0.2, 0.25) is 5.78 Å². The van der Waals surface area contributed by atoms with Gasteiger partial charge in [0, 0.05) is 22.2 Å². The van der Waals surface area contributed by atoms with Gasteiger partial charge in [-0.15, -0.1) is 24.5 Å². The number of nitrogens with zero attached hydrogens (tertiary/aromatic N) is 1. The third-order valence-corrected chi connectivity index (χ3v) is 15.1. The van der Waals surface area contributed by atoms with E-state index in [1.807, 2.05) is 48.5 Å². The number of aliphatic hydroxyl groups is 2. The van der Waals surface area contributed by atoms with Crippen molar-refractivity contribution in [2.45, 2.75) is 135 Å². The molecule has 2 bridgehead atoms. The van der Waals surface area contributed by atoms with Crippen molar-refractivity contribution in [1.82, 2.24) is 4.90 Å². The number of carbonyl (C=O) groups is 2. The van der Waals surface area contributed by atoms with E-state index in [2.05, 4.69) is 45.4 Å². The summed E-state index contributed by atoms with van der Waals surface area (Å²) in [5.74, 6) is 0.101. The molecule has 3 aromatic carbocycles. The molecule has 2 saturated carbocycles. The number of fused-ring (bicyclic) bond motifs is 9. The predicted octanol–water partition coefficient (Wildman–Crippen LogP) is 12.2. The second-order valence-electron chi connectivity index (χ2n) is 18.7. The van der Waals surface area contributed by atoms with Gasteiger partial charge in [-0.25, -0.2) is 4.79 Å². The van der Waals surface area contributed by atoms with Crippen LogP contribution in [0.2, 0.25) is 0 Å². The second-order valence-corrected chi connectivity index (χ2v) is 19.8. The van der Waals surface area contributed by atoms with E-state index in [4.69, 9.17) is 4.74 Å². The summed E-state index contributed by atoms with van der Waals surface area (Å²) >= 11 is 1.45. The molecule has 7 atom stereocenters. The number of alkyl halides is 3. The number of rotatable bonds is 9. The molecule has 7 nitrogen and oxygen atoms in total. The van der Waals surface area contributed by atoms with Crippen LogP contribution in [0.15, 0.2) is 84.4 Å².